The fourth-order valence-electron chi connectivity index (χ4n) is 3.68. The van der Waals surface area contributed by atoms with Gasteiger partial charge in [0.15, 0.2) is 0 Å². The molecule has 3 aromatic rings. The largest absolute Gasteiger partial charge is 0.417 e. The maximum absolute atomic E-state index is 13.3. The van der Waals surface area contributed by atoms with Gasteiger partial charge in [-0.2, -0.15) is 13.2 Å². The third-order valence-electron chi connectivity index (χ3n) is 5.05. The van der Waals surface area contributed by atoms with Gasteiger partial charge in [-0.25, -0.2) is 18.1 Å². The summed E-state index contributed by atoms with van der Waals surface area (Å²) in [6.07, 6.45) is 1.18. The molecule has 0 spiro atoms. The molecule has 11 heteroatoms. The molecule has 0 atom stereocenters. The molecule has 7 nitrogen and oxygen atoms in total. The van der Waals surface area contributed by atoms with Gasteiger partial charge in [-0.3, -0.25) is 9.36 Å². The number of alkyl halides is 3. The highest BCUT2D eigenvalue weighted by molar-refractivity contribution is 7.89. The van der Waals surface area contributed by atoms with E-state index in [1.165, 1.54) is 28.8 Å². The number of rotatable bonds is 5. The van der Waals surface area contributed by atoms with E-state index in [4.69, 9.17) is 5.73 Å². The van der Waals surface area contributed by atoms with Gasteiger partial charge in [-0.05, 0) is 56.7 Å². The van der Waals surface area contributed by atoms with Crippen LogP contribution in [-0.2, 0) is 16.2 Å². The monoisotopic (exact) mass is 490 g/mol. The predicted octanol–water partition coefficient (Wildman–Crippen LogP) is 4.31. The molecule has 3 N–H and O–H groups in total. The third kappa shape index (κ3) is 4.24. The molecule has 1 aromatic carbocycles. The van der Waals surface area contributed by atoms with Gasteiger partial charge in [0.1, 0.15) is 5.65 Å². The van der Waals surface area contributed by atoms with E-state index in [9.17, 15) is 26.4 Å². The minimum absolute atomic E-state index is 0.00491. The Bertz CT molecular complexity index is 1480. The first-order valence-corrected chi connectivity index (χ1v) is 11.6. The standard InChI is InChI=1S/C23H21F3N4O3S/c1-22(2,3)29-34(32,33)16-9-7-13(8-10-16)19-18(20(27)31)17-11-14(23(24,25)26)12-28-21(17)30(19)15-5-4-6-15/h4-12,29H,1-3H3,(H2,27,31). The highest BCUT2D eigenvalue weighted by Gasteiger charge is 2.34. The number of allylic oxidation sites excluding steroid dienone is 4. The van der Waals surface area contributed by atoms with Crippen molar-refractivity contribution < 1.29 is 26.4 Å². The second kappa shape index (κ2) is 7.81. The van der Waals surface area contributed by atoms with Gasteiger partial charge in [0, 0.05) is 22.8 Å². The summed E-state index contributed by atoms with van der Waals surface area (Å²) in [4.78, 5) is 16.4. The third-order valence-corrected chi connectivity index (χ3v) is 6.83. The number of sulfonamides is 1. The Labute approximate surface area is 193 Å². The fourth-order valence-corrected chi connectivity index (χ4v) is 5.10. The van der Waals surface area contributed by atoms with E-state index in [-0.39, 0.29) is 27.2 Å². The number of hydrogen-bond acceptors (Lipinski definition) is 4. The van der Waals surface area contributed by atoms with Crippen LogP contribution in [-0.4, -0.2) is 29.4 Å². The summed E-state index contributed by atoms with van der Waals surface area (Å²) in [5.74, 6) is -0.935. The molecule has 0 fully saturated rings. The van der Waals surface area contributed by atoms with Gasteiger partial charge < -0.3 is 5.73 Å². The van der Waals surface area contributed by atoms with Crippen LogP contribution in [0.1, 0.15) is 36.7 Å². The Balaban J connectivity index is 1.95. The van der Waals surface area contributed by atoms with E-state index in [1.807, 2.05) is 0 Å². The molecule has 178 valence electrons. The van der Waals surface area contributed by atoms with Crippen molar-refractivity contribution in [1.82, 2.24) is 14.3 Å². The lowest BCUT2D eigenvalue weighted by molar-refractivity contribution is -0.137. The SMILES string of the molecule is CC(C)(C)NS(=O)(=O)c1ccc(-c2c(C(N)=O)c3cc(C(F)(F)F)cnc3n2C2=CC=C2)cc1. The molecule has 2 aromatic heterocycles. The number of primary amides is 1. The number of hydrogen-bond donors (Lipinski definition) is 2. The smallest absolute Gasteiger partial charge is 0.366 e. The van der Waals surface area contributed by atoms with Crippen LogP contribution < -0.4 is 10.5 Å². The van der Waals surface area contributed by atoms with Gasteiger partial charge in [0.2, 0.25) is 10.0 Å². The Morgan fingerprint density at radius 2 is 1.74 bits per heavy atom. The minimum Gasteiger partial charge on any atom is -0.366 e. The lowest BCUT2D eigenvalue weighted by Crippen LogP contribution is -2.40. The number of aromatic nitrogens is 2. The number of nitrogens with zero attached hydrogens (tertiary/aromatic N) is 2. The summed E-state index contributed by atoms with van der Waals surface area (Å²) >= 11 is 0. The average molecular weight is 491 g/mol. The molecule has 0 unspecified atom stereocenters. The molecule has 0 radical (unpaired) electrons. The first-order chi connectivity index (χ1) is 15.7. The van der Waals surface area contributed by atoms with Gasteiger partial charge in [-0.1, -0.05) is 18.2 Å². The maximum atomic E-state index is 13.3. The highest BCUT2D eigenvalue weighted by atomic mass is 32.2. The molecule has 1 amide bonds. The molecule has 0 saturated carbocycles. The Morgan fingerprint density at radius 1 is 1.12 bits per heavy atom. The zero-order valence-electron chi connectivity index (χ0n) is 18.4. The molecule has 4 rings (SSSR count). The normalized spacial score (nSPS) is 14.2. The van der Waals surface area contributed by atoms with Gasteiger partial charge in [0.05, 0.1) is 21.7 Å². The maximum Gasteiger partial charge on any atom is 0.417 e. The van der Waals surface area contributed by atoms with Crippen molar-refractivity contribution in [2.24, 2.45) is 5.73 Å². The van der Waals surface area contributed by atoms with E-state index < -0.39 is 33.2 Å². The first kappa shape index (κ1) is 23.7. The number of fused-ring (bicyclic) bond motifs is 1. The minimum atomic E-state index is -4.66. The van der Waals surface area contributed by atoms with E-state index >= 15 is 0 Å². The van der Waals surface area contributed by atoms with Crippen LogP contribution >= 0.6 is 0 Å². The van der Waals surface area contributed by atoms with Crippen molar-refractivity contribution in [3.8, 4) is 11.3 Å². The molecule has 0 saturated heterocycles. The van der Waals surface area contributed by atoms with Crippen LogP contribution in [0, 0.1) is 0 Å². The lowest BCUT2D eigenvalue weighted by atomic mass is 10.0. The second-order valence-corrected chi connectivity index (χ2v) is 10.5. The van der Waals surface area contributed by atoms with Crippen molar-refractivity contribution in [3.63, 3.8) is 0 Å². The molecular weight excluding hydrogens is 469 g/mol. The summed E-state index contributed by atoms with van der Waals surface area (Å²) in [5, 5.41) is -0.0513. The highest BCUT2D eigenvalue weighted by Crippen LogP contribution is 2.39. The second-order valence-electron chi connectivity index (χ2n) is 8.85. The fraction of sp³-hybridized carbons (Fsp3) is 0.217. The van der Waals surface area contributed by atoms with Crippen molar-refractivity contribution in [3.05, 3.63) is 65.9 Å². The van der Waals surface area contributed by atoms with E-state index in [1.54, 1.807) is 39.0 Å². The lowest BCUT2D eigenvalue weighted by Gasteiger charge is -2.20. The Hall–Kier alpha value is -3.44. The number of carbonyl (C=O) groups is 1. The molecule has 34 heavy (non-hydrogen) atoms. The summed E-state index contributed by atoms with van der Waals surface area (Å²) in [6.45, 7) is 5.12. The van der Waals surface area contributed by atoms with E-state index in [0.29, 0.717) is 17.5 Å². The van der Waals surface area contributed by atoms with Crippen LogP contribution in [0.3, 0.4) is 0 Å². The van der Waals surface area contributed by atoms with Crippen molar-refractivity contribution in [1.29, 1.82) is 0 Å². The summed E-state index contributed by atoms with van der Waals surface area (Å²) in [7, 11) is -3.82. The molecule has 1 aliphatic carbocycles. The van der Waals surface area contributed by atoms with E-state index in [2.05, 4.69) is 9.71 Å². The number of benzene rings is 1. The molecular formula is C23H21F3N4O3S. The van der Waals surface area contributed by atoms with Crippen molar-refractivity contribution in [2.45, 2.75) is 37.4 Å². The first-order valence-electron chi connectivity index (χ1n) is 10.1. The number of halogens is 3. The zero-order valence-corrected chi connectivity index (χ0v) is 19.3. The van der Waals surface area contributed by atoms with Crippen LogP contribution in [0.5, 0.6) is 0 Å². The van der Waals surface area contributed by atoms with Gasteiger partial charge >= 0.3 is 6.18 Å². The number of carbonyl (C=O) groups excluding carboxylic acids is 1. The topological polar surface area (TPSA) is 107 Å². The molecule has 2 heterocycles. The van der Waals surface area contributed by atoms with E-state index in [0.717, 1.165) is 6.07 Å². The van der Waals surface area contributed by atoms with Crippen LogP contribution in [0.15, 0.2) is 59.7 Å². The van der Waals surface area contributed by atoms with Crippen LogP contribution in [0.4, 0.5) is 13.2 Å². The molecule has 0 aliphatic heterocycles. The Morgan fingerprint density at radius 3 is 2.21 bits per heavy atom. The van der Waals surface area contributed by atoms with Gasteiger partial charge in [0.25, 0.3) is 5.91 Å². The summed E-state index contributed by atoms with van der Waals surface area (Å²) < 4.78 is 69.4. The molecule has 0 bridgehead atoms. The summed E-state index contributed by atoms with van der Waals surface area (Å²) in [5.41, 5.74) is 5.08. The zero-order chi connectivity index (χ0) is 25.1. The van der Waals surface area contributed by atoms with Crippen LogP contribution in [0.2, 0.25) is 0 Å². The average Bonchev–Trinajstić information content (AvgIpc) is 2.99. The number of pyridine rings is 1. The van der Waals surface area contributed by atoms with Crippen molar-refractivity contribution in [2.75, 3.05) is 0 Å². The predicted molar refractivity (Wildman–Crippen MR) is 122 cm³/mol. The number of nitrogens with two attached hydrogens (primary N) is 1. The van der Waals surface area contributed by atoms with Crippen molar-refractivity contribution >= 4 is 32.7 Å². The number of nitrogens with one attached hydrogen (secondary N) is 1. The van der Waals surface area contributed by atoms with Crippen LogP contribution in [0.25, 0.3) is 28.0 Å². The summed E-state index contributed by atoms with van der Waals surface area (Å²) in [6, 6.07) is 6.51. The Kier molecular flexibility index (Phi) is 5.45. The van der Waals surface area contributed by atoms with Gasteiger partial charge in [-0.15, -0.1) is 0 Å². The number of amides is 1. The molecule has 1 aliphatic rings. The quantitative estimate of drug-likeness (QED) is 0.556.